The zero-order chi connectivity index (χ0) is 21.5. The van der Waals surface area contributed by atoms with Gasteiger partial charge in [0.2, 0.25) is 0 Å². The molecule has 3 rings (SSSR count). The Labute approximate surface area is 181 Å². The summed E-state index contributed by atoms with van der Waals surface area (Å²) < 4.78 is 5.59. The number of rotatable bonds is 8. The van der Waals surface area contributed by atoms with Crippen LogP contribution in [-0.2, 0) is 4.79 Å². The van der Waals surface area contributed by atoms with Crippen LogP contribution in [0.25, 0.3) is 0 Å². The van der Waals surface area contributed by atoms with Crippen molar-refractivity contribution in [2.24, 2.45) is 0 Å². The number of carbonyl (C=O) groups is 2. The SMILES string of the molecule is CC[C@@H](C)c1ccc(OCC(=O)Nc2ccc(Cl)cc2C(=O)c2ccccc2)cc1. The number of hydrogen-bond acceptors (Lipinski definition) is 3. The van der Waals surface area contributed by atoms with Gasteiger partial charge in [0.05, 0.1) is 5.69 Å². The first-order valence-corrected chi connectivity index (χ1v) is 10.3. The third-order valence-electron chi connectivity index (χ3n) is 4.97. The second-order valence-corrected chi connectivity index (χ2v) is 7.54. The molecule has 0 fully saturated rings. The Morgan fingerprint density at radius 2 is 1.70 bits per heavy atom. The molecule has 0 aliphatic heterocycles. The van der Waals surface area contributed by atoms with E-state index in [9.17, 15) is 9.59 Å². The predicted octanol–water partition coefficient (Wildman–Crippen LogP) is 6.10. The van der Waals surface area contributed by atoms with Gasteiger partial charge in [0.1, 0.15) is 5.75 Å². The molecule has 0 unspecified atom stereocenters. The van der Waals surface area contributed by atoms with E-state index in [1.807, 2.05) is 30.3 Å². The minimum atomic E-state index is -0.356. The van der Waals surface area contributed by atoms with Crippen LogP contribution in [0.4, 0.5) is 5.69 Å². The Morgan fingerprint density at radius 1 is 1.00 bits per heavy atom. The molecule has 0 bridgehead atoms. The summed E-state index contributed by atoms with van der Waals surface area (Å²) in [5.41, 5.74) is 2.49. The molecule has 0 radical (unpaired) electrons. The van der Waals surface area contributed by atoms with Crippen LogP contribution in [0.3, 0.4) is 0 Å². The molecule has 0 aliphatic rings. The van der Waals surface area contributed by atoms with Crippen molar-refractivity contribution in [1.82, 2.24) is 0 Å². The number of carbonyl (C=O) groups excluding carboxylic acids is 2. The second-order valence-electron chi connectivity index (χ2n) is 7.10. The Morgan fingerprint density at radius 3 is 2.37 bits per heavy atom. The lowest BCUT2D eigenvalue weighted by Crippen LogP contribution is -2.21. The van der Waals surface area contributed by atoms with Gasteiger partial charge in [0.25, 0.3) is 5.91 Å². The Kier molecular flexibility index (Phi) is 7.26. The number of ether oxygens (including phenoxy) is 1. The third kappa shape index (κ3) is 5.49. The van der Waals surface area contributed by atoms with Crippen molar-refractivity contribution in [2.45, 2.75) is 26.2 Å². The highest BCUT2D eigenvalue weighted by Crippen LogP contribution is 2.24. The maximum Gasteiger partial charge on any atom is 0.262 e. The van der Waals surface area contributed by atoms with Crippen molar-refractivity contribution in [1.29, 1.82) is 0 Å². The predicted molar refractivity (Wildman–Crippen MR) is 121 cm³/mol. The van der Waals surface area contributed by atoms with Gasteiger partial charge in [-0.05, 0) is 48.2 Å². The molecule has 0 saturated heterocycles. The van der Waals surface area contributed by atoms with Crippen LogP contribution in [-0.4, -0.2) is 18.3 Å². The maximum atomic E-state index is 12.9. The van der Waals surface area contributed by atoms with Crippen molar-refractivity contribution < 1.29 is 14.3 Å². The lowest BCUT2D eigenvalue weighted by Gasteiger charge is -2.13. The monoisotopic (exact) mass is 421 g/mol. The fourth-order valence-electron chi connectivity index (χ4n) is 3.02. The Hall–Kier alpha value is -3.11. The topological polar surface area (TPSA) is 55.4 Å². The van der Waals surface area contributed by atoms with E-state index in [-0.39, 0.29) is 18.3 Å². The van der Waals surface area contributed by atoms with Gasteiger partial charge in [-0.1, -0.05) is 67.9 Å². The van der Waals surface area contributed by atoms with Gasteiger partial charge < -0.3 is 10.1 Å². The third-order valence-corrected chi connectivity index (χ3v) is 5.20. The number of anilines is 1. The van der Waals surface area contributed by atoms with E-state index >= 15 is 0 Å². The number of hydrogen-bond donors (Lipinski definition) is 1. The molecule has 5 heteroatoms. The molecule has 0 saturated carbocycles. The molecule has 154 valence electrons. The minimum Gasteiger partial charge on any atom is -0.484 e. The molecule has 1 atom stereocenters. The summed E-state index contributed by atoms with van der Waals surface area (Å²) in [4.78, 5) is 25.3. The van der Waals surface area contributed by atoms with Crippen molar-refractivity contribution in [3.05, 3.63) is 94.5 Å². The van der Waals surface area contributed by atoms with Crippen LogP contribution in [0.15, 0.2) is 72.8 Å². The van der Waals surface area contributed by atoms with E-state index in [0.717, 1.165) is 6.42 Å². The molecule has 3 aromatic rings. The summed E-state index contributed by atoms with van der Waals surface area (Å²) in [7, 11) is 0. The van der Waals surface area contributed by atoms with Crippen LogP contribution in [0, 0.1) is 0 Å². The number of benzene rings is 3. The highest BCUT2D eigenvalue weighted by molar-refractivity contribution is 6.31. The highest BCUT2D eigenvalue weighted by Gasteiger charge is 2.16. The smallest absolute Gasteiger partial charge is 0.262 e. The van der Waals surface area contributed by atoms with E-state index in [1.54, 1.807) is 42.5 Å². The number of amides is 1. The van der Waals surface area contributed by atoms with Crippen LogP contribution in [0.2, 0.25) is 5.02 Å². The van der Waals surface area contributed by atoms with Gasteiger partial charge in [-0.2, -0.15) is 0 Å². The molecule has 3 aromatic carbocycles. The van der Waals surface area contributed by atoms with Crippen molar-refractivity contribution in [3.63, 3.8) is 0 Å². The average Bonchev–Trinajstić information content (AvgIpc) is 2.78. The summed E-state index contributed by atoms with van der Waals surface area (Å²) in [6.07, 6.45) is 1.06. The van der Waals surface area contributed by atoms with Gasteiger partial charge in [0.15, 0.2) is 12.4 Å². The highest BCUT2D eigenvalue weighted by atomic mass is 35.5. The fraction of sp³-hybridized carbons (Fsp3) is 0.200. The molecule has 4 nitrogen and oxygen atoms in total. The van der Waals surface area contributed by atoms with Crippen LogP contribution in [0.5, 0.6) is 5.75 Å². The lowest BCUT2D eigenvalue weighted by molar-refractivity contribution is -0.118. The van der Waals surface area contributed by atoms with Gasteiger partial charge in [-0.15, -0.1) is 0 Å². The Bertz CT molecular complexity index is 1020. The van der Waals surface area contributed by atoms with Crippen molar-refractivity contribution in [2.75, 3.05) is 11.9 Å². The molecule has 0 aliphatic carbocycles. The first-order chi connectivity index (χ1) is 14.5. The summed E-state index contributed by atoms with van der Waals surface area (Å²) in [5.74, 6) is 0.530. The number of ketones is 1. The van der Waals surface area contributed by atoms with E-state index in [4.69, 9.17) is 16.3 Å². The van der Waals surface area contributed by atoms with Crippen molar-refractivity contribution >= 4 is 29.0 Å². The molecular formula is C25H24ClNO3. The molecule has 30 heavy (non-hydrogen) atoms. The first kappa shape index (κ1) is 21.6. The summed E-state index contributed by atoms with van der Waals surface area (Å²) in [5, 5.41) is 3.18. The van der Waals surface area contributed by atoms with Gasteiger partial charge in [-0.3, -0.25) is 9.59 Å². The normalized spacial score (nSPS) is 11.6. The zero-order valence-corrected chi connectivity index (χ0v) is 17.8. The van der Waals surface area contributed by atoms with Gasteiger partial charge in [0, 0.05) is 16.1 Å². The zero-order valence-electron chi connectivity index (χ0n) is 17.0. The molecule has 1 amide bonds. The summed E-state index contributed by atoms with van der Waals surface area (Å²) in [6.45, 7) is 4.15. The van der Waals surface area contributed by atoms with E-state index in [0.29, 0.717) is 33.5 Å². The van der Waals surface area contributed by atoms with Crippen LogP contribution < -0.4 is 10.1 Å². The second kappa shape index (κ2) is 10.1. The fourth-order valence-corrected chi connectivity index (χ4v) is 3.19. The van der Waals surface area contributed by atoms with E-state index < -0.39 is 0 Å². The molecule has 1 N–H and O–H groups in total. The Balaban J connectivity index is 1.67. The van der Waals surface area contributed by atoms with Crippen LogP contribution >= 0.6 is 11.6 Å². The standard InChI is InChI=1S/C25H24ClNO3/c1-3-17(2)18-9-12-21(13-10-18)30-16-24(28)27-23-14-11-20(26)15-22(23)25(29)19-7-5-4-6-8-19/h4-15,17H,3,16H2,1-2H3,(H,27,28)/t17-/m1/s1. The molecular weight excluding hydrogens is 398 g/mol. The van der Waals surface area contributed by atoms with E-state index in [2.05, 4.69) is 19.2 Å². The molecule has 0 heterocycles. The number of halogens is 1. The molecule has 0 spiro atoms. The summed E-state index contributed by atoms with van der Waals surface area (Å²) in [6, 6.07) is 21.4. The lowest BCUT2D eigenvalue weighted by atomic mass is 9.99. The van der Waals surface area contributed by atoms with Crippen LogP contribution in [0.1, 0.15) is 47.7 Å². The molecule has 0 aromatic heterocycles. The number of nitrogens with one attached hydrogen (secondary N) is 1. The maximum absolute atomic E-state index is 12.9. The average molecular weight is 422 g/mol. The summed E-state index contributed by atoms with van der Waals surface area (Å²) >= 11 is 6.08. The largest absolute Gasteiger partial charge is 0.484 e. The minimum absolute atomic E-state index is 0.162. The van der Waals surface area contributed by atoms with Gasteiger partial charge in [-0.25, -0.2) is 0 Å². The quantitative estimate of drug-likeness (QED) is 0.447. The first-order valence-electron chi connectivity index (χ1n) is 9.90. The van der Waals surface area contributed by atoms with E-state index in [1.165, 1.54) is 5.56 Å². The van der Waals surface area contributed by atoms with Gasteiger partial charge >= 0.3 is 0 Å². The van der Waals surface area contributed by atoms with Crippen molar-refractivity contribution in [3.8, 4) is 5.75 Å².